The molecule has 1 aliphatic heterocycles. The predicted octanol–water partition coefficient (Wildman–Crippen LogP) is 2.21. The van der Waals surface area contributed by atoms with E-state index in [2.05, 4.69) is 20.1 Å². The van der Waals surface area contributed by atoms with E-state index in [4.69, 9.17) is 0 Å². The summed E-state index contributed by atoms with van der Waals surface area (Å²) in [6, 6.07) is 1.10. The minimum Gasteiger partial charge on any atom is -0.313 e. The van der Waals surface area contributed by atoms with Gasteiger partial charge in [-0.3, -0.25) is 0 Å². The maximum atomic E-state index is 4.33. The van der Waals surface area contributed by atoms with E-state index < -0.39 is 0 Å². The van der Waals surface area contributed by atoms with Crippen molar-refractivity contribution in [1.82, 2.24) is 20.1 Å². The highest BCUT2D eigenvalue weighted by Crippen LogP contribution is 2.32. The van der Waals surface area contributed by atoms with E-state index in [0.29, 0.717) is 12.1 Å². The van der Waals surface area contributed by atoms with Crippen LogP contribution in [0.3, 0.4) is 0 Å². The number of hydrogen-bond donors (Lipinski definition) is 1. The van der Waals surface area contributed by atoms with E-state index in [9.17, 15) is 0 Å². The van der Waals surface area contributed by atoms with Crippen LogP contribution < -0.4 is 5.32 Å². The Morgan fingerprint density at radius 2 is 1.94 bits per heavy atom. The summed E-state index contributed by atoms with van der Waals surface area (Å²) in [5.41, 5.74) is 0. The molecule has 0 radical (unpaired) electrons. The number of aromatic nitrogens is 3. The molecule has 0 amide bonds. The second-order valence-corrected chi connectivity index (χ2v) is 5.04. The number of nitrogens with zero attached hydrogens (tertiary/aromatic N) is 3. The molecule has 1 aromatic rings. The Kier molecular flexibility index (Phi) is 2.91. The standard InChI is InChI=1S/C12H20N4/c1-2-6-10(5-1)16-9-14-15-12(16)11-7-3-4-8-13-11/h9-11,13H,1-8H2/t11-/m0/s1. The van der Waals surface area contributed by atoms with Gasteiger partial charge in [0.25, 0.3) is 0 Å². The molecule has 88 valence electrons. The largest absolute Gasteiger partial charge is 0.313 e. The Morgan fingerprint density at radius 1 is 1.12 bits per heavy atom. The van der Waals surface area contributed by atoms with Crippen LogP contribution >= 0.6 is 0 Å². The lowest BCUT2D eigenvalue weighted by molar-refractivity contribution is 0.370. The van der Waals surface area contributed by atoms with Crippen molar-refractivity contribution >= 4 is 0 Å². The molecule has 0 spiro atoms. The molecule has 2 aliphatic rings. The molecule has 2 fully saturated rings. The van der Waals surface area contributed by atoms with Crippen molar-refractivity contribution < 1.29 is 0 Å². The van der Waals surface area contributed by atoms with Crippen LogP contribution in [-0.4, -0.2) is 21.3 Å². The van der Waals surface area contributed by atoms with Gasteiger partial charge in [-0.25, -0.2) is 0 Å². The molecule has 3 rings (SSSR count). The van der Waals surface area contributed by atoms with E-state index in [-0.39, 0.29) is 0 Å². The smallest absolute Gasteiger partial charge is 0.150 e. The zero-order valence-corrected chi connectivity index (χ0v) is 9.73. The van der Waals surface area contributed by atoms with Gasteiger partial charge in [0.1, 0.15) is 12.2 Å². The van der Waals surface area contributed by atoms with E-state index in [0.717, 1.165) is 6.54 Å². The fraction of sp³-hybridized carbons (Fsp3) is 0.833. The van der Waals surface area contributed by atoms with Crippen LogP contribution in [0.25, 0.3) is 0 Å². The van der Waals surface area contributed by atoms with Crippen molar-refractivity contribution in [3.8, 4) is 0 Å². The SMILES string of the molecule is c1nnc([C@@H]2CCCCN2)n1C1CCCC1. The Balaban J connectivity index is 1.80. The lowest BCUT2D eigenvalue weighted by Gasteiger charge is -2.24. The molecule has 1 aromatic heterocycles. The van der Waals surface area contributed by atoms with Gasteiger partial charge in [0, 0.05) is 6.04 Å². The third-order valence-corrected chi connectivity index (χ3v) is 3.94. The molecule has 2 heterocycles. The fourth-order valence-corrected chi connectivity index (χ4v) is 3.04. The highest BCUT2D eigenvalue weighted by Gasteiger charge is 2.25. The van der Waals surface area contributed by atoms with Crippen LogP contribution in [0.5, 0.6) is 0 Å². The minimum atomic E-state index is 0.442. The number of piperidine rings is 1. The molecule has 0 aromatic carbocycles. The van der Waals surface area contributed by atoms with Gasteiger partial charge in [-0.2, -0.15) is 0 Å². The van der Waals surface area contributed by atoms with Crippen LogP contribution in [0.4, 0.5) is 0 Å². The molecule has 16 heavy (non-hydrogen) atoms. The summed E-state index contributed by atoms with van der Waals surface area (Å²) in [4.78, 5) is 0. The highest BCUT2D eigenvalue weighted by atomic mass is 15.3. The maximum Gasteiger partial charge on any atom is 0.150 e. The predicted molar refractivity (Wildman–Crippen MR) is 62.1 cm³/mol. The summed E-state index contributed by atoms with van der Waals surface area (Å²) in [5.74, 6) is 1.17. The van der Waals surface area contributed by atoms with Crippen molar-refractivity contribution in [1.29, 1.82) is 0 Å². The Hall–Kier alpha value is -0.900. The van der Waals surface area contributed by atoms with Crippen molar-refractivity contribution in [3.63, 3.8) is 0 Å². The zero-order valence-electron chi connectivity index (χ0n) is 9.73. The molecule has 4 heteroatoms. The lowest BCUT2D eigenvalue weighted by atomic mass is 10.0. The monoisotopic (exact) mass is 220 g/mol. The molecule has 1 N–H and O–H groups in total. The van der Waals surface area contributed by atoms with Gasteiger partial charge in [0.15, 0.2) is 0 Å². The van der Waals surface area contributed by atoms with E-state index in [1.165, 1.54) is 50.8 Å². The normalized spacial score (nSPS) is 27.4. The van der Waals surface area contributed by atoms with Crippen molar-refractivity contribution in [3.05, 3.63) is 12.2 Å². The zero-order chi connectivity index (χ0) is 10.8. The summed E-state index contributed by atoms with van der Waals surface area (Å²) in [7, 11) is 0. The second-order valence-electron chi connectivity index (χ2n) is 5.04. The molecule has 0 unspecified atom stereocenters. The first-order valence-electron chi connectivity index (χ1n) is 6.58. The molecule has 1 atom stereocenters. The first kappa shape index (κ1) is 10.3. The lowest BCUT2D eigenvalue weighted by Crippen LogP contribution is -2.29. The van der Waals surface area contributed by atoms with E-state index in [1.807, 2.05) is 6.33 Å². The van der Waals surface area contributed by atoms with Gasteiger partial charge in [-0.1, -0.05) is 19.3 Å². The molecular formula is C12H20N4. The summed E-state index contributed by atoms with van der Waals surface area (Å²) < 4.78 is 2.33. The van der Waals surface area contributed by atoms with Crippen molar-refractivity contribution in [2.75, 3.05) is 6.54 Å². The Labute approximate surface area is 96.4 Å². The molecule has 1 saturated carbocycles. The average Bonchev–Trinajstić information content (AvgIpc) is 3.01. The molecule has 1 aliphatic carbocycles. The van der Waals surface area contributed by atoms with Gasteiger partial charge < -0.3 is 9.88 Å². The Morgan fingerprint density at radius 3 is 2.69 bits per heavy atom. The summed E-state index contributed by atoms with van der Waals surface area (Å²) in [5, 5.41) is 12.0. The van der Waals surface area contributed by atoms with Crippen LogP contribution in [0.1, 0.15) is 62.9 Å². The third-order valence-electron chi connectivity index (χ3n) is 3.94. The maximum absolute atomic E-state index is 4.33. The number of rotatable bonds is 2. The van der Waals surface area contributed by atoms with Crippen molar-refractivity contribution in [2.24, 2.45) is 0 Å². The molecule has 1 saturated heterocycles. The average molecular weight is 220 g/mol. The van der Waals surface area contributed by atoms with Crippen LogP contribution in [0.2, 0.25) is 0 Å². The van der Waals surface area contributed by atoms with Gasteiger partial charge in [-0.05, 0) is 32.2 Å². The summed E-state index contributed by atoms with van der Waals surface area (Å²) >= 11 is 0. The van der Waals surface area contributed by atoms with Crippen LogP contribution in [0.15, 0.2) is 6.33 Å². The minimum absolute atomic E-state index is 0.442. The van der Waals surface area contributed by atoms with Gasteiger partial charge in [0.2, 0.25) is 0 Å². The number of hydrogen-bond acceptors (Lipinski definition) is 3. The van der Waals surface area contributed by atoms with E-state index >= 15 is 0 Å². The van der Waals surface area contributed by atoms with Crippen LogP contribution in [-0.2, 0) is 0 Å². The highest BCUT2D eigenvalue weighted by molar-refractivity contribution is 4.99. The summed E-state index contributed by atoms with van der Waals surface area (Å²) in [6.45, 7) is 1.13. The first-order chi connectivity index (χ1) is 7.95. The van der Waals surface area contributed by atoms with E-state index in [1.54, 1.807) is 0 Å². The number of nitrogens with one attached hydrogen (secondary N) is 1. The Bertz CT molecular complexity index is 335. The van der Waals surface area contributed by atoms with Crippen molar-refractivity contribution in [2.45, 2.75) is 57.0 Å². The molecule has 0 bridgehead atoms. The third kappa shape index (κ3) is 1.86. The first-order valence-corrected chi connectivity index (χ1v) is 6.58. The van der Waals surface area contributed by atoms with Crippen LogP contribution in [0, 0.1) is 0 Å². The van der Waals surface area contributed by atoms with Gasteiger partial charge in [0.05, 0.1) is 6.04 Å². The molecular weight excluding hydrogens is 200 g/mol. The fourth-order valence-electron chi connectivity index (χ4n) is 3.04. The quantitative estimate of drug-likeness (QED) is 0.831. The van der Waals surface area contributed by atoms with Gasteiger partial charge in [-0.15, -0.1) is 10.2 Å². The second kappa shape index (κ2) is 4.53. The topological polar surface area (TPSA) is 42.7 Å². The van der Waals surface area contributed by atoms with Gasteiger partial charge >= 0.3 is 0 Å². The molecule has 4 nitrogen and oxygen atoms in total. The summed E-state index contributed by atoms with van der Waals surface area (Å²) in [6.07, 6.45) is 11.1.